The molecule has 5 aromatic carbocycles. The number of hydrogen-bond acceptors (Lipinski definition) is 5. The highest BCUT2D eigenvalue weighted by Crippen LogP contribution is 2.67. The van der Waals surface area contributed by atoms with E-state index < -0.39 is 5.60 Å². The average molecular weight is 719 g/mol. The van der Waals surface area contributed by atoms with E-state index in [9.17, 15) is 5.11 Å². The molecule has 0 bridgehead atoms. The molecule has 0 atom stereocenters. The summed E-state index contributed by atoms with van der Waals surface area (Å²) in [4.78, 5) is 1.13. The minimum atomic E-state index is -0.935. The second-order valence-corrected chi connectivity index (χ2v) is 17.7. The lowest BCUT2D eigenvalue weighted by atomic mass is 9.52. The Morgan fingerprint density at radius 3 is 1.94 bits per heavy atom. The first-order chi connectivity index (χ1) is 25.5. The van der Waals surface area contributed by atoms with Crippen LogP contribution in [0.3, 0.4) is 0 Å². The van der Waals surface area contributed by atoms with E-state index in [1.165, 1.54) is 22.3 Å². The van der Waals surface area contributed by atoms with E-state index in [1.54, 1.807) is 25.6 Å². The number of rotatable bonds is 6. The van der Waals surface area contributed by atoms with Gasteiger partial charge in [0.05, 0.1) is 20.8 Å². The van der Waals surface area contributed by atoms with Crippen molar-refractivity contribution in [3.63, 3.8) is 0 Å². The summed E-state index contributed by atoms with van der Waals surface area (Å²) in [6.45, 7) is 9.75. The zero-order valence-electron chi connectivity index (χ0n) is 31.4. The molecule has 3 aliphatic rings. The van der Waals surface area contributed by atoms with Crippen molar-refractivity contribution in [2.45, 2.75) is 64.6 Å². The monoisotopic (exact) mass is 718 g/mol. The average Bonchev–Trinajstić information content (AvgIpc) is 3.79. The van der Waals surface area contributed by atoms with Crippen molar-refractivity contribution in [1.82, 2.24) is 0 Å². The van der Waals surface area contributed by atoms with Gasteiger partial charge in [-0.2, -0.15) is 0 Å². The minimum absolute atomic E-state index is 0.0513. The number of benzene rings is 5. The van der Waals surface area contributed by atoms with Crippen molar-refractivity contribution in [2.75, 3.05) is 14.2 Å². The molecule has 1 aliphatic heterocycles. The molecule has 0 unspecified atom stereocenters. The van der Waals surface area contributed by atoms with Gasteiger partial charge in [-0.25, -0.2) is 0 Å². The van der Waals surface area contributed by atoms with Crippen LogP contribution in [0.15, 0.2) is 109 Å². The summed E-state index contributed by atoms with van der Waals surface area (Å²) >= 11 is 1.69. The van der Waals surface area contributed by atoms with Gasteiger partial charge in [0.15, 0.2) is 5.60 Å². The van der Waals surface area contributed by atoms with Crippen LogP contribution in [0.25, 0.3) is 38.4 Å². The van der Waals surface area contributed by atoms with Crippen LogP contribution in [0.4, 0.5) is 0 Å². The van der Waals surface area contributed by atoms with E-state index in [0.717, 1.165) is 80.0 Å². The largest absolute Gasteiger partial charge is 0.497 e. The molecule has 2 heterocycles. The maximum absolute atomic E-state index is 10.9. The Balaban J connectivity index is 1.41. The minimum Gasteiger partial charge on any atom is -0.497 e. The Bertz CT molecular complexity index is 2330. The van der Waals surface area contributed by atoms with Gasteiger partial charge >= 0.3 is 0 Å². The highest BCUT2D eigenvalue weighted by Gasteiger charge is 2.55. The number of thiophene rings is 1. The molecule has 0 radical (unpaired) electrons. The van der Waals surface area contributed by atoms with Gasteiger partial charge in [-0.3, -0.25) is 0 Å². The summed E-state index contributed by atoms with van der Waals surface area (Å²) in [6, 6.07) is 34.3. The topological polar surface area (TPSA) is 47.9 Å². The fraction of sp³-hybridized carbons (Fsp3) is 0.292. The molecule has 1 saturated carbocycles. The summed E-state index contributed by atoms with van der Waals surface area (Å²) < 4.78 is 18.9. The smallest absolute Gasteiger partial charge is 0.178 e. The number of aliphatic hydroxyl groups is 1. The number of aliphatic hydroxyl groups excluding tert-OH is 1. The normalized spacial score (nSPS) is 18.2. The molecule has 2 aliphatic carbocycles. The van der Waals surface area contributed by atoms with Crippen molar-refractivity contribution >= 4 is 28.2 Å². The van der Waals surface area contributed by atoms with Gasteiger partial charge in [0, 0.05) is 32.4 Å². The van der Waals surface area contributed by atoms with Crippen LogP contribution >= 0.6 is 11.3 Å². The summed E-state index contributed by atoms with van der Waals surface area (Å²) in [6.07, 6.45) is 7.88. The summed E-state index contributed by atoms with van der Waals surface area (Å²) in [7, 11) is 3.39. The first-order valence-electron chi connectivity index (χ1n) is 18.6. The van der Waals surface area contributed by atoms with Crippen LogP contribution in [0.2, 0.25) is 0 Å². The molecule has 1 aromatic heterocycles. The Morgan fingerprint density at radius 1 is 0.717 bits per heavy atom. The fourth-order valence-electron chi connectivity index (χ4n) is 10.7. The molecular weight excluding hydrogens is 673 g/mol. The number of hydrogen-bond donors (Lipinski definition) is 1. The zero-order valence-corrected chi connectivity index (χ0v) is 32.2. The molecular formula is C48H46O4S. The van der Waals surface area contributed by atoms with E-state index in [-0.39, 0.29) is 22.9 Å². The highest BCUT2D eigenvalue weighted by atomic mass is 32.1. The Hall–Kier alpha value is -4.84. The first-order valence-corrected chi connectivity index (χ1v) is 19.5. The van der Waals surface area contributed by atoms with Crippen LogP contribution in [-0.2, 0) is 17.6 Å². The highest BCUT2D eigenvalue weighted by molar-refractivity contribution is 7.13. The Morgan fingerprint density at radius 2 is 1.36 bits per heavy atom. The molecule has 53 heavy (non-hydrogen) atoms. The molecule has 1 fully saturated rings. The van der Waals surface area contributed by atoms with Crippen molar-refractivity contribution in [1.29, 1.82) is 0 Å². The standard InChI is InChI=1S/C48H46O4S/c1-45(2)27-46(3,4)29-47(28-45)40-11-8-7-10-35(40)42-38-24-30(26-49)37(41-12-9-23-53-41)25-39(38)44-36(43(42)47)21-22-48(52-44,31-13-17-33(50-5)18-14-31)32-15-19-34(51-6)20-16-32/h7-25,49H,26-29H2,1-6H3. The van der Waals surface area contributed by atoms with Crippen molar-refractivity contribution < 1.29 is 19.3 Å². The fourth-order valence-corrected chi connectivity index (χ4v) is 11.5. The second kappa shape index (κ2) is 12.1. The molecule has 9 rings (SSSR count). The van der Waals surface area contributed by atoms with Crippen LogP contribution < -0.4 is 14.2 Å². The first kappa shape index (κ1) is 34.0. The zero-order chi connectivity index (χ0) is 36.8. The van der Waals surface area contributed by atoms with Gasteiger partial charge in [0.1, 0.15) is 17.2 Å². The predicted octanol–water partition coefficient (Wildman–Crippen LogP) is 11.9. The maximum Gasteiger partial charge on any atom is 0.178 e. The van der Waals surface area contributed by atoms with Crippen molar-refractivity contribution in [3.8, 4) is 38.8 Å². The van der Waals surface area contributed by atoms with Crippen molar-refractivity contribution in [2.24, 2.45) is 10.8 Å². The lowest BCUT2D eigenvalue weighted by Crippen LogP contribution is -2.44. The predicted molar refractivity (Wildman–Crippen MR) is 217 cm³/mol. The Kier molecular flexibility index (Phi) is 7.75. The number of ether oxygens (including phenoxy) is 3. The van der Waals surface area contributed by atoms with Gasteiger partial charge in [-0.1, -0.05) is 88.4 Å². The molecule has 6 aromatic rings. The third kappa shape index (κ3) is 5.19. The van der Waals surface area contributed by atoms with Crippen molar-refractivity contribution in [3.05, 3.63) is 142 Å². The molecule has 4 nitrogen and oxygen atoms in total. The molecule has 5 heteroatoms. The van der Waals surface area contributed by atoms with Gasteiger partial charge in [-0.15, -0.1) is 11.3 Å². The van der Waals surface area contributed by atoms with Crippen LogP contribution in [0, 0.1) is 10.8 Å². The summed E-state index contributed by atoms with van der Waals surface area (Å²) in [5.74, 6) is 2.46. The molecule has 0 amide bonds. The molecule has 1 spiro atoms. The summed E-state index contributed by atoms with van der Waals surface area (Å²) in [5, 5.41) is 15.2. The van der Waals surface area contributed by atoms with E-state index in [1.807, 2.05) is 24.3 Å². The molecule has 0 saturated heterocycles. The molecule has 268 valence electrons. The SMILES string of the molecule is COc1ccc(C2(c3ccc(OC)cc3)C=Cc3c4c(c5cc(CO)c(-c6cccs6)cc5c3O2)-c2ccccc2C42CC(C)(C)CC(C)(C)C2)cc1. The number of methoxy groups -OCH3 is 2. The van der Waals surface area contributed by atoms with Gasteiger partial charge < -0.3 is 19.3 Å². The number of fused-ring (bicyclic) bond motifs is 10. The van der Waals surface area contributed by atoms with Gasteiger partial charge in [0.2, 0.25) is 0 Å². The van der Waals surface area contributed by atoms with Crippen LogP contribution in [0.5, 0.6) is 17.2 Å². The molecule has 1 N–H and O–H groups in total. The third-order valence-corrected chi connectivity index (χ3v) is 12.9. The van der Waals surface area contributed by atoms with Crippen LogP contribution in [-0.4, -0.2) is 19.3 Å². The van der Waals surface area contributed by atoms with Gasteiger partial charge in [0.25, 0.3) is 0 Å². The summed E-state index contributed by atoms with van der Waals surface area (Å²) in [5.41, 5.74) is 9.57. The van der Waals surface area contributed by atoms with E-state index in [0.29, 0.717) is 0 Å². The van der Waals surface area contributed by atoms with E-state index >= 15 is 0 Å². The third-order valence-electron chi connectivity index (χ3n) is 12.0. The lowest BCUT2D eigenvalue weighted by molar-refractivity contribution is 0.0642. The second-order valence-electron chi connectivity index (χ2n) is 16.8. The van der Waals surface area contributed by atoms with E-state index in [4.69, 9.17) is 14.2 Å². The van der Waals surface area contributed by atoms with E-state index in [2.05, 4.69) is 118 Å². The van der Waals surface area contributed by atoms with Crippen LogP contribution in [0.1, 0.15) is 80.3 Å². The van der Waals surface area contributed by atoms with Gasteiger partial charge in [-0.05, 0) is 123 Å². The quantitative estimate of drug-likeness (QED) is 0.186. The maximum atomic E-state index is 10.9. The lowest BCUT2D eigenvalue weighted by Gasteiger charge is -2.52. The Labute approximate surface area is 316 Å².